The maximum atomic E-state index is 17.6. The first-order valence-electron chi connectivity index (χ1n) is 16.1. The van der Waals surface area contributed by atoms with E-state index in [0.29, 0.717) is 29.9 Å². The Morgan fingerprint density at radius 3 is 2.41 bits per heavy atom. The Hall–Kier alpha value is -4.09. The molecule has 3 saturated carbocycles. The molecule has 0 saturated heterocycles. The summed E-state index contributed by atoms with van der Waals surface area (Å²) in [6.07, 6.45) is 3.36. The highest BCUT2D eigenvalue weighted by Crippen LogP contribution is 2.71. The van der Waals surface area contributed by atoms with Gasteiger partial charge in [-0.1, -0.05) is 37.1 Å². The Balaban J connectivity index is 1.29. The molecule has 0 aromatic heterocycles. The van der Waals surface area contributed by atoms with Crippen LogP contribution >= 0.6 is 11.6 Å². The van der Waals surface area contributed by atoms with Crippen LogP contribution in [0, 0.1) is 28.6 Å². The van der Waals surface area contributed by atoms with E-state index in [2.05, 4.69) is 0 Å². The molecule has 0 heterocycles. The molecule has 1 N–H and O–H groups in total. The molecule has 0 bridgehead atoms. The summed E-state index contributed by atoms with van der Waals surface area (Å²) in [7, 11) is 0. The summed E-state index contributed by atoms with van der Waals surface area (Å²) in [5.41, 5.74) is -6.15. The predicted molar refractivity (Wildman–Crippen MR) is 172 cm³/mol. The van der Waals surface area contributed by atoms with Crippen molar-refractivity contribution >= 4 is 35.3 Å². The monoisotopic (exact) mass is 698 g/mol. The number of halogens is 3. The molecule has 6 rings (SSSR count). The number of aliphatic hydroxyl groups excluding tert-OH is 1. The van der Waals surface area contributed by atoms with Crippen LogP contribution in [-0.4, -0.2) is 53.0 Å². The predicted octanol–water partition coefficient (Wildman–Crippen LogP) is 7.04. The van der Waals surface area contributed by atoms with E-state index in [1.807, 2.05) is 0 Å². The van der Waals surface area contributed by atoms with Gasteiger partial charge in [0, 0.05) is 35.7 Å². The first-order chi connectivity index (χ1) is 23.1. The van der Waals surface area contributed by atoms with Crippen molar-refractivity contribution in [3.05, 3.63) is 76.9 Å². The van der Waals surface area contributed by atoms with Crippen LogP contribution < -0.4 is 9.47 Å². The van der Waals surface area contributed by atoms with Crippen molar-refractivity contribution in [3.63, 3.8) is 0 Å². The lowest BCUT2D eigenvalue weighted by molar-refractivity contribution is -0.229. The van der Waals surface area contributed by atoms with Crippen molar-refractivity contribution in [3.8, 4) is 17.2 Å². The van der Waals surface area contributed by atoms with E-state index in [4.69, 9.17) is 30.5 Å². The minimum Gasteiger partial charge on any atom is -0.457 e. The number of ether oxygens (including phenoxy) is 4. The molecule has 8 unspecified atom stereocenters. The van der Waals surface area contributed by atoms with E-state index in [-0.39, 0.29) is 35.0 Å². The number of aliphatic hydroxyl groups is 1. The smallest absolute Gasteiger partial charge is 0.353 e. The number of carbonyl (C=O) groups is 4. The van der Waals surface area contributed by atoms with Gasteiger partial charge in [0.25, 0.3) is 0 Å². The second-order valence-corrected chi connectivity index (χ2v) is 14.3. The first-order valence-corrected chi connectivity index (χ1v) is 16.5. The van der Waals surface area contributed by atoms with E-state index in [1.165, 1.54) is 61.5 Å². The molecule has 260 valence electrons. The topological polar surface area (TPSA) is 125 Å². The number of ketones is 1. The third-order valence-corrected chi connectivity index (χ3v) is 11.7. The number of carbonyl (C=O) groups excluding carboxylic acids is 4. The van der Waals surface area contributed by atoms with E-state index in [0.717, 1.165) is 0 Å². The second-order valence-electron chi connectivity index (χ2n) is 13.9. The molecule has 0 aliphatic heterocycles. The fraction of sp³-hybridized carbons (Fsp3) is 0.459. The number of hydrogen-bond donors (Lipinski definition) is 1. The Morgan fingerprint density at radius 1 is 1.06 bits per heavy atom. The van der Waals surface area contributed by atoms with Gasteiger partial charge in [-0.05, 0) is 87.1 Å². The van der Waals surface area contributed by atoms with Crippen LogP contribution in [0.5, 0.6) is 17.2 Å². The number of rotatable bonds is 7. The van der Waals surface area contributed by atoms with Crippen LogP contribution in [-0.2, 0) is 23.9 Å². The molecule has 49 heavy (non-hydrogen) atoms. The number of esters is 3. The second kappa shape index (κ2) is 12.4. The highest BCUT2D eigenvalue weighted by molar-refractivity contribution is 6.32. The molecule has 4 aliphatic carbocycles. The molecule has 8 atom stereocenters. The summed E-state index contributed by atoms with van der Waals surface area (Å²) < 4.78 is 53.1. The minimum atomic E-state index is -2.18. The third-order valence-electron chi connectivity index (χ3n) is 11.4. The summed E-state index contributed by atoms with van der Waals surface area (Å²) in [5, 5.41) is 11.9. The van der Waals surface area contributed by atoms with Gasteiger partial charge in [-0.2, -0.15) is 0 Å². The van der Waals surface area contributed by atoms with Gasteiger partial charge < -0.3 is 24.1 Å². The molecular weight excluding hydrogens is 662 g/mol. The van der Waals surface area contributed by atoms with Gasteiger partial charge in [-0.25, -0.2) is 18.4 Å². The SMILES string of the molecule is CC(=O)Oc1ccc(Oc2ccc(C(=O)OC3(C(=O)OCF)C(C)CC4C5CCC6=CC(=O)C=CC6(C)C5(F)C(O)CC43C)cc2)cc1Cl. The molecule has 2 aromatic carbocycles. The fourth-order valence-corrected chi connectivity index (χ4v) is 9.37. The van der Waals surface area contributed by atoms with Crippen molar-refractivity contribution in [1.82, 2.24) is 0 Å². The summed E-state index contributed by atoms with van der Waals surface area (Å²) in [6.45, 7) is 4.84. The normalized spacial score (nSPS) is 34.5. The van der Waals surface area contributed by atoms with Crippen LogP contribution in [0.1, 0.15) is 63.7 Å². The van der Waals surface area contributed by atoms with Gasteiger partial charge in [0.2, 0.25) is 12.5 Å². The zero-order valence-corrected chi connectivity index (χ0v) is 28.2. The zero-order chi connectivity index (χ0) is 35.5. The number of benzene rings is 2. The largest absolute Gasteiger partial charge is 0.457 e. The van der Waals surface area contributed by atoms with Crippen molar-refractivity contribution < 1.29 is 52.0 Å². The molecule has 0 radical (unpaired) electrons. The molecule has 9 nitrogen and oxygen atoms in total. The lowest BCUT2D eigenvalue weighted by Crippen LogP contribution is -2.70. The Kier molecular flexibility index (Phi) is 8.76. The molecule has 12 heteroatoms. The Bertz CT molecular complexity index is 1780. The fourth-order valence-electron chi connectivity index (χ4n) is 9.16. The van der Waals surface area contributed by atoms with E-state index >= 15 is 4.39 Å². The molecular formula is C37H37ClF2O9. The Morgan fingerprint density at radius 2 is 1.76 bits per heavy atom. The maximum absolute atomic E-state index is 17.6. The first kappa shape index (κ1) is 34.8. The van der Waals surface area contributed by atoms with Gasteiger partial charge in [0.1, 0.15) is 17.2 Å². The minimum absolute atomic E-state index is 0.0513. The van der Waals surface area contributed by atoms with Gasteiger partial charge in [0.05, 0.1) is 16.7 Å². The third kappa shape index (κ3) is 5.28. The average Bonchev–Trinajstić information content (AvgIpc) is 3.26. The molecule has 2 aromatic rings. The molecule has 0 amide bonds. The molecule has 0 spiro atoms. The van der Waals surface area contributed by atoms with Crippen molar-refractivity contribution in [1.29, 1.82) is 0 Å². The van der Waals surface area contributed by atoms with Crippen LogP contribution in [0.15, 0.2) is 66.3 Å². The number of allylic oxidation sites excluding steroid dienone is 4. The van der Waals surface area contributed by atoms with E-state index < -0.39 is 70.7 Å². The van der Waals surface area contributed by atoms with Crippen molar-refractivity contribution in [2.45, 2.75) is 70.8 Å². The van der Waals surface area contributed by atoms with Gasteiger partial charge in [0.15, 0.2) is 11.5 Å². The summed E-state index contributed by atoms with van der Waals surface area (Å²) in [4.78, 5) is 51.0. The van der Waals surface area contributed by atoms with Crippen LogP contribution in [0.25, 0.3) is 0 Å². The lowest BCUT2D eigenvalue weighted by atomic mass is 9.44. The highest BCUT2D eigenvalue weighted by Gasteiger charge is 2.78. The number of alkyl halides is 2. The average molecular weight is 699 g/mol. The summed E-state index contributed by atoms with van der Waals surface area (Å²) in [5.74, 6) is -3.99. The summed E-state index contributed by atoms with van der Waals surface area (Å²) >= 11 is 6.18. The molecule has 4 aliphatic rings. The van der Waals surface area contributed by atoms with Crippen molar-refractivity contribution in [2.75, 3.05) is 6.86 Å². The van der Waals surface area contributed by atoms with Crippen molar-refractivity contribution in [2.24, 2.45) is 28.6 Å². The quantitative estimate of drug-likeness (QED) is 0.239. The maximum Gasteiger partial charge on any atom is 0.353 e. The van der Waals surface area contributed by atoms with E-state index in [9.17, 15) is 28.7 Å². The zero-order valence-electron chi connectivity index (χ0n) is 27.5. The van der Waals surface area contributed by atoms with Crippen LogP contribution in [0.3, 0.4) is 0 Å². The van der Waals surface area contributed by atoms with Gasteiger partial charge >= 0.3 is 17.9 Å². The number of hydrogen-bond acceptors (Lipinski definition) is 9. The Labute approximate surface area is 287 Å². The van der Waals surface area contributed by atoms with Crippen LogP contribution in [0.4, 0.5) is 8.78 Å². The van der Waals surface area contributed by atoms with Gasteiger partial charge in [-0.15, -0.1) is 0 Å². The van der Waals surface area contributed by atoms with Gasteiger partial charge in [-0.3, -0.25) is 9.59 Å². The van der Waals surface area contributed by atoms with Crippen LogP contribution in [0.2, 0.25) is 5.02 Å². The number of fused-ring (bicyclic) bond motifs is 5. The standard InChI is InChI=1S/C37H37ClF2O9/c1-20-15-28-27-11-7-23-16-24(42)13-14-34(23,3)36(27,40)31(43)18-35(28,4)37(20,33(45)46-19-39)49-32(44)22-5-8-25(9-6-22)48-26-10-12-30(29(38)17-26)47-21(2)41/h5-6,8-10,12-14,16-17,20,27-28,31,43H,7,11,15,18-19H2,1-4H3. The lowest BCUT2D eigenvalue weighted by Gasteiger charge is -2.62. The highest BCUT2D eigenvalue weighted by atomic mass is 35.5. The summed E-state index contributed by atoms with van der Waals surface area (Å²) in [6, 6.07) is 10.3. The van der Waals surface area contributed by atoms with E-state index in [1.54, 1.807) is 26.8 Å². The molecule has 3 fully saturated rings.